The van der Waals surface area contributed by atoms with E-state index in [0.717, 1.165) is 55.2 Å². The molecule has 0 bridgehead atoms. The minimum atomic E-state index is -0.594. The number of unbranched alkanes of at least 4 members (excludes halogenated alkanes) is 1. The van der Waals surface area contributed by atoms with Gasteiger partial charge < -0.3 is 9.64 Å². The number of hydrogen-bond donors (Lipinski definition) is 0. The van der Waals surface area contributed by atoms with E-state index < -0.39 is 5.41 Å². The third kappa shape index (κ3) is 6.01. The Balaban J connectivity index is 1.82. The molecule has 5 nitrogen and oxygen atoms in total. The molecule has 1 aliphatic carbocycles. The molecule has 0 heterocycles. The van der Waals surface area contributed by atoms with Gasteiger partial charge in [0.1, 0.15) is 0 Å². The molecule has 0 radical (unpaired) electrons. The average molecular weight is 447 g/mol. The number of carbonyl (C=O) groups excluding carboxylic acids is 2. The number of ether oxygens (including phenoxy) is 1. The monoisotopic (exact) mass is 446 g/mol. The normalized spacial score (nSPS) is 14.5. The number of hydrogen-bond acceptors (Lipinski definition) is 4. The molecule has 5 heteroatoms. The number of rotatable bonds is 10. The van der Waals surface area contributed by atoms with Crippen molar-refractivity contribution >= 4 is 11.9 Å². The molecule has 2 aromatic carbocycles. The van der Waals surface area contributed by atoms with E-state index in [9.17, 15) is 14.9 Å². The first-order valence-corrected chi connectivity index (χ1v) is 12.1. The van der Waals surface area contributed by atoms with E-state index >= 15 is 0 Å². The van der Waals surface area contributed by atoms with Crippen molar-refractivity contribution in [1.82, 2.24) is 4.90 Å². The van der Waals surface area contributed by atoms with Gasteiger partial charge >= 0.3 is 5.97 Å². The fraction of sp³-hybridized carbons (Fsp3) is 0.464. The Hall–Kier alpha value is -3.13. The molecule has 3 rings (SSSR count). The molecule has 0 aliphatic heterocycles. The van der Waals surface area contributed by atoms with Gasteiger partial charge in [0.25, 0.3) is 0 Å². The minimum absolute atomic E-state index is 0.0892. The zero-order valence-electron chi connectivity index (χ0n) is 19.8. The number of nitrogens with zero attached hydrogens (tertiary/aromatic N) is 2. The number of esters is 1. The van der Waals surface area contributed by atoms with E-state index in [1.807, 2.05) is 60.4 Å². The number of nitriles is 1. The third-order valence-electron chi connectivity index (χ3n) is 6.55. The summed E-state index contributed by atoms with van der Waals surface area (Å²) in [5.41, 5.74) is 2.92. The molecular formula is C28H34N2O3. The second-order valence-electron chi connectivity index (χ2n) is 8.92. The summed E-state index contributed by atoms with van der Waals surface area (Å²) >= 11 is 0. The molecule has 174 valence electrons. The zero-order chi connectivity index (χ0) is 23.7. The van der Waals surface area contributed by atoms with Gasteiger partial charge in [-0.05, 0) is 48.9 Å². The van der Waals surface area contributed by atoms with Gasteiger partial charge in [-0.3, -0.25) is 9.59 Å². The van der Waals surface area contributed by atoms with Crippen LogP contribution in [-0.2, 0) is 20.9 Å². The number of benzene rings is 2. The van der Waals surface area contributed by atoms with Crippen LogP contribution in [0.1, 0.15) is 69.9 Å². The van der Waals surface area contributed by atoms with Crippen molar-refractivity contribution < 1.29 is 14.3 Å². The summed E-state index contributed by atoms with van der Waals surface area (Å²) in [4.78, 5) is 27.9. The standard InChI is InChI=1S/C28H34N2O3/c1-3-5-12-26(31)30(21-28(17-8-9-18-28)27(32)33-4-2)20-22-13-15-23(16-14-22)25-11-7-6-10-24(25)19-29/h6-7,10-11,13-16H,3-5,8-9,12,17-18,20-21H2,1-2H3. The summed E-state index contributed by atoms with van der Waals surface area (Å²) in [7, 11) is 0. The van der Waals surface area contributed by atoms with Gasteiger partial charge in [-0.1, -0.05) is 68.7 Å². The first-order chi connectivity index (χ1) is 16.0. The van der Waals surface area contributed by atoms with Gasteiger partial charge in [-0.2, -0.15) is 5.26 Å². The van der Waals surface area contributed by atoms with Crippen molar-refractivity contribution in [3.8, 4) is 17.2 Å². The number of carbonyl (C=O) groups is 2. The van der Waals surface area contributed by atoms with Gasteiger partial charge in [0.2, 0.25) is 5.91 Å². The molecule has 0 N–H and O–H groups in total. The number of amides is 1. The predicted octanol–water partition coefficient (Wildman–Crippen LogP) is 5.87. The maximum absolute atomic E-state index is 13.1. The van der Waals surface area contributed by atoms with Gasteiger partial charge in [0.05, 0.1) is 23.7 Å². The molecule has 33 heavy (non-hydrogen) atoms. The van der Waals surface area contributed by atoms with Gasteiger partial charge in [-0.15, -0.1) is 0 Å². The van der Waals surface area contributed by atoms with E-state index in [1.54, 1.807) is 0 Å². The SMILES string of the molecule is CCCCC(=O)N(Cc1ccc(-c2ccccc2C#N)cc1)CC1(C(=O)OCC)CCCC1. The molecule has 0 atom stereocenters. The van der Waals surface area contributed by atoms with Crippen LogP contribution in [0.3, 0.4) is 0 Å². The lowest BCUT2D eigenvalue weighted by Gasteiger charge is -2.34. The van der Waals surface area contributed by atoms with Crippen molar-refractivity contribution in [2.75, 3.05) is 13.2 Å². The van der Waals surface area contributed by atoms with Gasteiger partial charge in [0.15, 0.2) is 0 Å². The average Bonchev–Trinajstić information content (AvgIpc) is 3.32. The highest BCUT2D eigenvalue weighted by Gasteiger charge is 2.44. The Morgan fingerprint density at radius 3 is 2.39 bits per heavy atom. The van der Waals surface area contributed by atoms with Crippen LogP contribution in [0.5, 0.6) is 0 Å². The largest absolute Gasteiger partial charge is 0.466 e. The molecule has 1 aliphatic rings. The van der Waals surface area contributed by atoms with E-state index in [-0.39, 0.29) is 11.9 Å². The van der Waals surface area contributed by atoms with E-state index in [4.69, 9.17) is 4.74 Å². The summed E-state index contributed by atoms with van der Waals surface area (Å²) in [6, 6.07) is 17.8. The summed E-state index contributed by atoms with van der Waals surface area (Å²) < 4.78 is 5.42. The summed E-state index contributed by atoms with van der Waals surface area (Å²) in [5.74, 6) is -0.0782. The summed E-state index contributed by atoms with van der Waals surface area (Å²) in [6.07, 6.45) is 5.80. The lowest BCUT2D eigenvalue weighted by molar-refractivity contribution is -0.157. The summed E-state index contributed by atoms with van der Waals surface area (Å²) in [6.45, 7) is 5.14. The van der Waals surface area contributed by atoms with Crippen LogP contribution in [-0.4, -0.2) is 29.9 Å². The summed E-state index contributed by atoms with van der Waals surface area (Å²) in [5, 5.41) is 9.40. The van der Waals surface area contributed by atoms with Crippen LogP contribution in [0, 0.1) is 16.7 Å². The van der Waals surface area contributed by atoms with Crippen LogP contribution >= 0.6 is 0 Å². The van der Waals surface area contributed by atoms with Crippen molar-refractivity contribution in [2.24, 2.45) is 5.41 Å². The van der Waals surface area contributed by atoms with E-state index in [1.165, 1.54) is 0 Å². The van der Waals surface area contributed by atoms with Crippen LogP contribution in [0.15, 0.2) is 48.5 Å². The highest BCUT2D eigenvalue weighted by molar-refractivity contribution is 5.80. The second kappa shape index (κ2) is 11.7. The molecule has 0 unspecified atom stereocenters. The highest BCUT2D eigenvalue weighted by atomic mass is 16.5. The smallest absolute Gasteiger partial charge is 0.313 e. The third-order valence-corrected chi connectivity index (χ3v) is 6.55. The van der Waals surface area contributed by atoms with Crippen molar-refractivity contribution in [3.63, 3.8) is 0 Å². The van der Waals surface area contributed by atoms with Gasteiger partial charge in [0, 0.05) is 19.5 Å². The molecule has 1 amide bonds. The van der Waals surface area contributed by atoms with E-state index in [2.05, 4.69) is 13.0 Å². The maximum Gasteiger partial charge on any atom is 0.313 e. The molecule has 0 saturated heterocycles. The maximum atomic E-state index is 13.1. The van der Waals surface area contributed by atoms with Crippen LogP contribution in [0.25, 0.3) is 11.1 Å². The lowest BCUT2D eigenvalue weighted by atomic mass is 9.85. The molecule has 0 spiro atoms. The fourth-order valence-electron chi connectivity index (χ4n) is 4.69. The highest BCUT2D eigenvalue weighted by Crippen LogP contribution is 2.40. The minimum Gasteiger partial charge on any atom is -0.466 e. The van der Waals surface area contributed by atoms with Crippen LogP contribution in [0.2, 0.25) is 0 Å². The molecule has 0 aromatic heterocycles. The molecular weight excluding hydrogens is 412 g/mol. The van der Waals surface area contributed by atoms with Gasteiger partial charge in [-0.25, -0.2) is 0 Å². The zero-order valence-corrected chi connectivity index (χ0v) is 19.8. The Kier molecular flexibility index (Phi) is 8.65. The molecule has 1 fully saturated rings. The molecule has 2 aromatic rings. The quantitative estimate of drug-likeness (QED) is 0.428. The second-order valence-corrected chi connectivity index (χ2v) is 8.92. The first-order valence-electron chi connectivity index (χ1n) is 12.1. The first kappa shape index (κ1) is 24.5. The Labute approximate surface area is 197 Å². The molecule has 1 saturated carbocycles. The van der Waals surface area contributed by atoms with Crippen molar-refractivity contribution in [2.45, 2.75) is 65.3 Å². The topological polar surface area (TPSA) is 70.4 Å². The Morgan fingerprint density at radius 1 is 1.06 bits per heavy atom. The van der Waals surface area contributed by atoms with E-state index in [0.29, 0.717) is 31.7 Å². The van der Waals surface area contributed by atoms with Crippen molar-refractivity contribution in [3.05, 3.63) is 59.7 Å². The van der Waals surface area contributed by atoms with Crippen LogP contribution < -0.4 is 0 Å². The van der Waals surface area contributed by atoms with Crippen molar-refractivity contribution in [1.29, 1.82) is 5.26 Å². The van der Waals surface area contributed by atoms with Crippen LogP contribution in [0.4, 0.5) is 0 Å². The Morgan fingerprint density at radius 2 is 1.76 bits per heavy atom. The lowest BCUT2D eigenvalue weighted by Crippen LogP contribution is -2.44. The fourth-order valence-corrected chi connectivity index (χ4v) is 4.69. The Bertz CT molecular complexity index is 985. The predicted molar refractivity (Wildman–Crippen MR) is 129 cm³/mol.